The molecule has 0 aliphatic carbocycles. The van der Waals surface area contributed by atoms with Crippen LogP contribution in [0.5, 0.6) is 0 Å². The Morgan fingerprint density at radius 2 is 0.826 bits per heavy atom. The molecule has 0 atom stereocenters. The molecule has 8 heteroatoms. The maximum atomic E-state index is 4.89. The van der Waals surface area contributed by atoms with Gasteiger partial charge in [-0.1, -0.05) is 62.4 Å². The van der Waals surface area contributed by atoms with Crippen molar-refractivity contribution in [3.05, 3.63) is 143 Å². The Morgan fingerprint density at radius 1 is 0.435 bits per heavy atom. The van der Waals surface area contributed by atoms with Gasteiger partial charge in [-0.3, -0.25) is 20.0 Å². The van der Waals surface area contributed by atoms with Crippen molar-refractivity contribution < 1.29 is 0 Å². The topological polar surface area (TPSA) is 109 Å². The molecule has 0 unspecified atom stereocenters. The lowest BCUT2D eigenvalue weighted by atomic mass is 9.86. The molecule has 2 N–H and O–H groups in total. The van der Waals surface area contributed by atoms with E-state index in [4.69, 9.17) is 29.9 Å². The Labute approximate surface area is 268 Å². The van der Waals surface area contributed by atoms with Gasteiger partial charge in [0.15, 0.2) is 0 Å². The maximum Gasteiger partial charge on any atom is 0.0887 e. The maximum absolute atomic E-state index is 4.89. The van der Waals surface area contributed by atoms with E-state index >= 15 is 0 Å². The van der Waals surface area contributed by atoms with Crippen LogP contribution in [0.1, 0.15) is 73.2 Å². The first-order chi connectivity index (χ1) is 22.3. The number of hydrogen-bond donors (Lipinski definition) is 2. The van der Waals surface area contributed by atoms with Gasteiger partial charge in [0.25, 0.3) is 0 Å². The van der Waals surface area contributed by atoms with Crippen LogP contribution < -0.4 is 9.97 Å². The number of benzene rings is 2. The predicted octanol–water partition coefficient (Wildman–Crippen LogP) is 8.22. The Hall–Kier alpha value is -5.76. The molecule has 0 amide bonds. The number of rotatable bonds is 0. The first-order valence-corrected chi connectivity index (χ1v) is 15.3. The van der Waals surface area contributed by atoms with Gasteiger partial charge in [0.05, 0.1) is 46.6 Å². The number of aliphatic imine (C=N–C) groups is 4. The van der Waals surface area contributed by atoms with Crippen LogP contribution >= 0.6 is 0 Å². The summed E-state index contributed by atoms with van der Waals surface area (Å²) in [6.45, 7) is 8.62. The average molecular weight is 603 g/mol. The van der Waals surface area contributed by atoms with E-state index in [-0.39, 0.29) is 5.41 Å². The fraction of sp³-hybridized carbons (Fsp3) is 0.158. The van der Waals surface area contributed by atoms with E-state index in [9.17, 15) is 0 Å². The smallest absolute Gasteiger partial charge is 0.0887 e. The van der Waals surface area contributed by atoms with Crippen molar-refractivity contribution in [1.29, 1.82) is 0 Å². The van der Waals surface area contributed by atoms with Gasteiger partial charge < -0.3 is 19.9 Å². The molecule has 6 aromatic rings. The third-order valence-electron chi connectivity index (χ3n) is 8.49. The summed E-state index contributed by atoms with van der Waals surface area (Å²) < 4.78 is 0. The highest BCUT2D eigenvalue weighted by Crippen LogP contribution is 2.33. The number of H-pyrrole nitrogens is 2. The van der Waals surface area contributed by atoms with Crippen LogP contribution in [0.4, 0.5) is 22.7 Å². The molecule has 0 radical (unpaired) electrons. The highest BCUT2D eigenvalue weighted by atomic mass is 14.9. The number of fused-ring (bicyclic) bond motifs is 10. The summed E-state index contributed by atoms with van der Waals surface area (Å²) in [7, 11) is 0. The molecule has 0 saturated heterocycles. The summed E-state index contributed by atoms with van der Waals surface area (Å²) >= 11 is 0. The van der Waals surface area contributed by atoms with E-state index in [0.29, 0.717) is 0 Å². The molecule has 7 rings (SSSR count). The summed E-state index contributed by atoms with van der Waals surface area (Å²) in [4.78, 5) is 35.9. The van der Waals surface area contributed by atoms with E-state index in [1.54, 1.807) is 12.4 Å². The molecule has 8 bridgehead atoms. The van der Waals surface area contributed by atoms with Gasteiger partial charge in [0.1, 0.15) is 0 Å². The van der Waals surface area contributed by atoms with Gasteiger partial charge in [-0.05, 0) is 67.8 Å². The monoisotopic (exact) mass is 602 g/mol. The second-order valence-corrected chi connectivity index (χ2v) is 12.4. The largest absolute Gasteiger partial charge is 0.659 e. The van der Waals surface area contributed by atoms with Gasteiger partial charge in [-0.2, -0.15) is 11.4 Å². The Balaban J connectivity index is 1.29. The average Bonchev–Trinajstić information content (AvgIpc) is 3.89. The van der Waals surface area contributed by atoms with Gasteiger partial charge in [0.2, 0.25) is 0 Å². The highest BCUT2D eigenvalue weighted by molar-refractivity contribution is 5.86. The lowest BCUT2D eigenvalue weighted by molar-refractivity contribution is 0.598. The third-order valence-corrected chi connectivity index (χ3v) is 8.49. The van der Waals surface area contributed by atoms with E-state index < -0.39 is 5.41 Å². The molecule has 46 heavy (non-hydrogen) atoms. The number of hydrogen-bond acceptors (Lipinski definition) is 4. The molecular weight excluding hydrogens is 568 g/mol. The van der Waals surface area contributed by atoms with Crippen molar-refractivity contribution >= 4 is 47.6 Å². The first-order valence-electron chi connectivity index (χ1n) is 15.3. The zero-order chi connectivity index (χ0) is 31.7. The molecule has 0 saturated carbocycles. The summed E-state index contributed by atoms with van der Waals surface area (Å²) in [6.07, 6.45) is 7.25. The predicted molar refractivity (Wildman–Crippen MR) is 187 cm³/mol. The quantitative estimate of drug-likeness (QED) is 0.183. The zero-order valence-electron chi connectivity index (χ0n) is 26.2. The van der Waals surface area contributed by atoms with E-state index in [0.717, 1.165) is 68.3 Å². The normalized spacial score (nSPS) is 15.4. The fourth-order valence-corrected chi connectivity index (χ4v) is 5.49. The minimum atomic E-state index is -0.411. The summed E-state index contributed by atoms with van der Waals surface area (Å²) in [6, 6.07) is 32.0. The van der Waals surface area contributed by atoms with Gasteiger partial charge in [-0.15, -0.1) is 11.4 Å². The van der Waals surface area contributed by atoms with Crippen molar-refractivity contribution in [2.45, 2.75) is 38.5 Å². The zero-order valence-corrected chi connectivity index (χ0v) is 26.2. The van der Waals surface area contributed by atoms with E-state index in [2.05, 4.69) is 49.8 Å². The standard InChI is InChI=1S/C38H34N8/c1-37(2)33-17-13-25(43-33)21-39-29-9-5-7-11-31(29)41-23-27-15-19-35(45-27)38(3,4)36-20-16-28(46-36)24-42-32-12-8-6-10-30(32)40-22-26-14-18-34(37)44-26/h5-24,43-44H,1-4H3/q-2. The molecule has 0 spiro atoms. The van der Waals surface area contributed by atoms with Crippen LogP contribution in [0, 0.1) is 0 Å². The molecule has 5 heterocycles. The third kappa shape index (κ3) is 5.73. The molecule has 2 aromatic carbocycles. The van der Waals surface area contributed by atoms with Crippen molar-refractivity contribution in [2.24, 2.45) is 20.0 Å². The van der Waals surface area contributed by atoms with Gasteiger partial charge in [-0.25, -0.2) is 0 Å². The van der Waals surface area contributed by atoms with Crippen LogP contribution in [0.2, 0.25) is 0 Å². The SMILES string of the molecule is CC1(C)c2ccc([n-]2)C=Nc2ccccc2N=Cc2ccc([nH]2)C(C)(C)c2ccc([nH]2)C=Nc2ccccc2N=Cc2ccc1[n-]2. The highest BCUT2D eigenvalue weighted by Gasteiger charge is 2.26. The van der Waals surface area contributed by atoms with Crippen LogP contribution in [0.15, 0.2) is 117 Å². The first kappa shape index (κ1) is 29.0. The fourth-order valence-electron chi connectivity index (χ4n) is 5.49. The Bertz CT molecular complexity index is 1820. The molecule has 8 nitrogen and oxygen atoms in total. The molecular formula is C38H34N8-2. The lowest BCUT2D eigenvalue weighted by Gasteiger charge is -2.34. The number of aromatic nitrogens is 4. The molecule has 228 valence electrons. The lowest BCUT2D eigenvalue weighted by Crippen LogP contribution is -2.21. The summed E-state index contributed by atoms with van der Waals surface area (Å²) in [5.74, 6) is 0. The number of nitrogens with zero attached hydrogens (tertiary/aromatic N) is 6. The van der Waals surface area contributed by atoms with Crippen molar-refractivity contribution in [1.82, 2.24) is 19.9 Å². The molecule has 1 aliphatic rings. The van der Waals surface area contributed by atoms with Gasteiger partial charge in [0, 0.05) is 29.2 Å². The van der Waals surface area contributed by atoms with Crippen molar-refractivity contribution in [2.75, 3.05) is 0 Å². The number of nitrogens with one attached hydrogen (secondary N) is 2. The second kappa shape index (κ2) is 11.6. The molecule has 4 aromatic heterocycles. The van der Waals surface area contributed by atoms with Gasteiger partial charge >= 0.3 is 0 Å². The van der Waals surface area contributed by atoms with Crippen LogP contribution in [0.25, 0.3) is 0 Å². The summed E-state index contributed by atoms with van der Waals surface area (Å²) in [5.41, 5.74) is 9.68. The van der Waals surface area contributed by atoms with Crippen LogP contribution in [-0.2, 0) is 10.8 Å². The minimum Gasteiger partial charge on any atom is -0.659 e. The Kier molecular flexibility index (Phi) is 7.33. The number of aromatic amines is 2. The molecule has 1 aliphatic heterocycles. The van der Waals surface area contributed by atoms with E-state index in [1.165, 1.54) is 0 Å². The van der Waals surface area contributed by atoms with E-state index in [1.807, 2.05) is 97.4 Å². The summed E-state index contributed by atoms with van der Waals surface area (Å²) in [5, 5.41) is 0. The Morgan fingerprint density at radius 3 is 1.24 bits per heavy atom. The second-order valence-electron chi connectivity index (χ2n) is 12.4. The van der Waals surface area contributed by atoms with Crippen LogP contribution in [-0.4, -0.2) is 34.8 Å². The van der Waals surface area contributed by atoms with Crippen LogP contribution in [0.3, 0.4) is 0 Å². The minimum absolute atomic E-state index is 0.307. The molecule has 0 fully saturated rings. The number of para-hydroxylation sites is 4. The van der Waals surface area contributed by atoms with Crippen molar-refractivity contribution in [3.8, 4) is 0 Å². The van der Waals surface area contributed by atoms with Crippen molar-refractivity contribution in [3.63, 3.8) is 0 Å².